The Morgan fingerprint density at radius 1 is 1.29 bits per heavy atom. The Bertz CT molecular complexity index is 432. The van der Waals surface area contributed by atoms with Gasteiger partial charge in [0.15, 0.2) is 0 Å². The summed E-state index contributed by atoms with van der Waals surface area (Å²) in [4.78, 5) is 13.3. The molecule has 1 unspecified atom stereocenters. The van der Waals surface area contributed by atoms with Crippen molar-refractivity contribution in [1.29, 1.82) is 0 Å². The number of carbonyl (C=O) groups excluding carboxylic acids is 1. The fraction of sp³-hybridized carbons (Fsp3) is 0.462. The fourth-order valence-electron chi connectivity index (χ4n) is 2.65. The van der Waals surface area contributed by atoms with Crippen molar-refractivity contribution >= 4 is 11.7 Å². The van der Waals surface area contributed by atoms with Gasteiger partial charge in [0, 0.05) is 37.8 Å². The Labute approximate surface area is 101 Å². The summed E-state index contributed by atoms with van der Waals surface area (Å²) in [6.07, 6.45) is 1.04. The van der Waals surface area contributed by atoms with Crippen LogP contribution in [0.3, 0.4) is 0 Å². The van der Waals surface area contributed by atoms with E-state index in [2.05, 4.69) is 34.9 Å². The molecule has 2 aliphatic heterocycles. The maximum atomic E-state index is 11.4. The van der Waals surface area contributed by atoms with Crippen LogP contribution >= 0.6 is 0 Å². The zero-order valence-electron chi connectivity index (χ0n) is 9.78. The van der Waals surface area contributed by atoms with Crippen molar-refractivity contribution in [2.24, 2.45) is 0 Å². The highest BCUT2D eigenvalue weighted by molar-refractivity contribution is 5.76. The van der Waals surface area contributed by atoms with E-state index in [1.165, 1.54) is 11.3 Å². The standard InChI is InChI=1S/C13H17N3O/c17-13-14-6-8-16(13)7-5-10-9-15-12-4-2-1-3-11(10)12/h1-4,10,15H,5-9H2,(H,14,17). The lowest BCUT2D eigenvalue weighted by Crippen LogP contribution is -2.30. The molecule has 90 valence electrons. The van der Waals surface area contributed by atoms with Gasteiger partial charge >= 0.3 is 6.03 Å². The number of fused-ring (bicyclic) bond motifs is 1. The lowest BCUT2D eigenvalue weighted by molar-refractivity contribution is 0.216. The molecule has 2 amide bonds. The van der Waals surface area contributed by atoms with E-state index in [1.807, 2.05) is 4.90 Å². The van der Waals surface area contributed by atoms with Crippen molar-refractivity contribution in [3.05, 3.63) is 29.8 Å². The molecule has 0 aliphatic carbocycles. The van der Waals surface area contributed by atoms with Gasteiger partial charge in [0.1, 0.15) is 0 Å². The lowest BCUT2D eigenvalue weighted by atomic mass is 9.98. The molecule has 1 aromatic rings. The summed E-state index contributed by atoms with van der Waals surface area (Å²) in [5, 5.41) is 6.25. The van der Waals surface area contributed by atoms with E-state index in [0.717, 1.165) is 32.6 Å². The minimum Gasteiger partial charge on any atom is -0.384 e. The summed E-state index contributed by atoms with van der Waals surface area (Å²) in [6.45, 7) is 3.49. The molecule has 1 saturated heterocycles. The molecule has 0 radical (unpaired) electrons. The van der Waals surface area contributed by atoms with Crippen molar-refractivity contribution in [2.75, 3.05) is 31.5 Å². The molecule has 3 rings (SSSR count). The summed E-state index contributed by atoms with van der Waals surface area (Å²) >= 11 is 0. The Morgan fingerprint density at radius 3 is 3.00 bits per heavy atom. The van der Waals surface area contributed by atoms with Crippen molar-refractivity contribution in [3.8, 4) is 0 Å². The summed E-state index contributed by atoms with van der Waals surface area (Å²) < 4.78 is 0. The van der Waals surface area contributed by atoms with Crippen molar-refractivity contribution in [3.63, 3.8) is 0 Å². The number of carbonyl (C=O) groups is 1. The number of urea groups is 1. The van der Waals surface area contributed by atoms with Gasteiger partial charge in [0.05, 0.1) is 0 Å². The van der Waals surface area contributed by atoms with E-state index >= 15 is 0 Å². The molecule has 2 aliphatic rings. The lowest BCUT2D eigenvalue weighted by Gasteiger charge is -2.17. The van der Waals surface area contributed by atoms with Gasteiger partial charge in [0.2, 0.25) is 0 Å². The van der Waals surface area contributed by atoms with Crippen LogP contribution in [0.1, 0.15) is 17.9 Å². The molecule has 2 N–H and O–H groups in total. The number of nitrogens with one attached hydrogen (secondary N) is 2. The van der Waals surface area contributed by atoms with Crippen LogP contribution in [0.25, 0.3) is 0 Å². The number of hydrogen-bond donors (Lipinski definition) is 2. The predicted molar refractivity (Wildman–Crippen MR) is 67.3 cm³/mol. The maximum Gasteiger partial charge on any atom is 0.317 e. The number of hydrogen-bond acceptors (Lipinski definition) is 2. The van der Waals surface area contributed by atoms with E-state index in [9.17, 15) is 4.79 Å². The second-order valence-electron chi connectivity index (χ2n) is 4.67. The number of para-hydroxylation sites is 1. The van der Waals surface area contributed by atoms with E-state index in [1.54, 1.807) is 0 Å². The first kappa shape index (κ1) is 10.4. The Kier molecular flexibility index (Phi) is 2.63. The minimum atomic E-state index is 0.0873. The van der Waals surface area contributed by atoms with Gasteiger partial charge in [-0.2, -0.15) is 0 Å². The van der Waals surface area contributed by atoms with Gasteiger partial charge < -0.3 is 15.5 Å². The smallest absolute Gasteiger partial charge is 0.317 e. The summed E-state index contributed by atoms with van der Waals surface area (Å²) in [5.41, 5.74) is 2.65. The highest BCUT2D eigenvalue weighted by Gasteiger charge is 2.24. The van der Waals surface area contributed by atoms with Crippen LogP contribution in [0.5, 0.6) is 0 Å². The van der Waals surface area contributed by atoms with Crippen molar-refractivity contribution in [1.82, 2.24) is 10.2 Å². The van der Waals surface area contributed by atoms with Crippen LogP contribution < -0.4 is 10.6 Å². The molecule has 1 aromatic carbocycles. The first-order valence-corrected chi connectivity index (χ1v) is 6.20. The van der Waals surface area contributed by atoms with Crippen molar-refractivity contribution < 1.29 is 4.79 Å². The van der Waals surface area contributed by atoms with Gasteiger partial charge in [-0.25, -0.2) is 4.79 Å². The van der Waals surface area contributed by atoms with Crippen LogP contribution in [0.4, 0.5) is 10.5 Å². The number of benzene rings is 1. The molecule has 17 heavy (non-hydrogen) atoms. The topological polar surface area (TPSA) is 44.4 Å². The molecule has 1 atom stereocenters. The summed E-state index contributed by atoms with van der Waals surface area (Å²) in [5.74, 6) is 0.541. The molecule has 0 bridgehead atoms. The number of amides is 2. The van der Waals surface area contributed by atoms with Crippen LogP contribution in [0.2, 0.25) is 0 Å². The summed E-state index contributed by atoms with van der Waals surface area (Å²) in [7, 11) is 0. The quantitative estimate of drug-likeness (QED) is 0.830. The largest absolute Gasteiger partial charge is 0.384 e. The molecule has 0 saturated carbocycles. The first-order valence-electron chi connectivity index (χ1n) is 6.20. The van der Waals surface area contributed by atoms with Gasteiger partial charge in [0.25, 0.3) is 0 Å². The van der Waals surface area contributed by atoms with Gasteiger partial charge in [-0.1, -0.05) is 18.2 Å². The number of nitrogens with zero attached hydrogens (tertiary/aromatic N) is 1. The highest BCUT2D eigenvalue weighted by Crippen LogP contribution is 2.33. The van der Waals surface area contributed by atoms with Gasteiger partial charge in [-0.05, 0) is 18.1 Å². The zero-order chi connectivity index (χ0) is 11.7. The molecule has 1 fully saturated rings. The zero-order valence-corrected chi connectivity index (χ0v) is 9.78. The summed E-state index contributed by atoms with van der Waals surface area (Å²) in [6, 6.07) is 8.54. The highest BCUT2D eigenvalue weighted by atomic mass is 16.2. The van der Waals surface area contributed by atoms with E-state index < -0.39 is 0 Å². The fourth-order valence-corrected chi connectivity index (χ4v) is 2.65. The van der Waals surface area contributed by atoms with Crippen LogP contribution in [-0.2, 0) is 0 Å². The Hall–Kier alpha value is -1.71. The van der Waals surface area contributed by atoms with Crippen LogP contribution in [-0.4, -0.2) is 37.1 Å². The molecular weight excluding hydrogens is 214 g/mol. The van der Waals surface area contributed by atoms with Gasteiger partial charge in [-0.15, -0.1) is 0 Å². The van der Waals surface area contributed by atoms with Crippen molar-refractivity contribution in [2.45, 2.75) is 12.3 Å². The maximum absolute atomic E-state index is 11.4. The second-order valence-corrected chi connectivity index (χ2v) is 4.67. The SMILES string of the molecule is O=C1NCCN1CCC1CNc2ccccc21. The van der Waals surface area contributed by atoms with E-state index in [0.29, 0.717) is 5.92 Å². The Balaban J connectivity index is 1.62. The average molecular weight is 231 g/mol. The second kappa shape index (κ2) is 4.28. The first-order chi connectivity index (χ1) is 8.34. The average Bonchev–Trinajstić information content (AvgIpc) is 2.93. The number of rotatable bonds is 3. The number of anilines is 1. The van der Waals surface area contributed by atoms with E-state index in [4.69, 9.17) is 0 Å². The third-order valence-electron chi connectivity index (χ3n) is 3.63. The Morgan fingerprint density at radius 2 is 2.18 bits per heavy atom. The molecule has 0 aromatic heterocycles. The predicted octanol–water partition coefficient (Wildman–Crippen LogP) is 1.61. The third kappa shape index (κ3) is 1.95. The minimum absolute atomic E-state index is 0.0873. The molecule has 2 heterocycles. The van der Waals surface area contributed by atoms with Crippen LogP contribution in [0.15, 0.2) is 24.3 Å². The third-order valence-corrected chi connectivity index (χ3v) is 3.63. The molecular formula is C13H17N3O. The molecule has 4 nitrogen and oxygen atoms in total. The monoisotopic (exact) mass is 231 g/mol. The normalized spacial score (nSPS) is 22.2. The van der Waals surface area contributed by atoms with E-state index in [-0.39, 0.29) is 6.03 Å². The molecule has 0 spiro atoms. The molecule has 4 heteroatoms. The van der Waals surface area contributed by atoms with Crippen LogP contribution in [0, 0.1) is 0 Å². The van der Waals surface area contributed by atoms with Gasteiger partial charge in [-0.3, -0.25) is 0 Å².